The van der Waals surface area contributed by atoms with Gasteiger partial charge in [0, 0.05) is 31.1 Å². The Bertz CT molecular complexity index is 439. The Morgan fingerprint density at radius 2 is 1.84 bits per heavy atom. The zero-order valence-electron chi connectivity index (χ0n) is 11.0. The molecule has 2 rings (SSSR count). The number of carbonyl (C=O) groups is 2. The van der Waals surface area contributed by atoms with Crippen LogP contribution in [-0.2, 0) is 16.0 Å². The lowest BCUT2D eigenvalue weighted by molar-refractivity contribution is -0.134. The van der Waals surface area contributed by atoms with Crippen LogP contribution in [0.1, 0.15) is 5.56 Å². The SMILES string of the molecule is CSc1ccc(CC(=O)N2CCN(C=O)CC2)cc1. The highest BCUT2D eigenvalue weighted by atomic mass is 32.2. The second-order valence-electron chi connectivity index (χ2n) is 4.55. The maximum atomic E-state index is 12.1. The molecule has 2 amide bonds. The summed E-state index contributed by atoms with van der Waals surface area (Å²) >= 11 is 1.69. The minimum atomic E-state index is 0.141. The Labute approximate surface area is 117 Å². The van der Waals surface area contributed by atoms with Crippen LogP contribution in [-0.4, -0.2) is 54.6 Å². The average Bonchev–Trinajstić information content (AvgIpc) is 2.48. The smallest absolute Gasteiger partial charge is 0.227 e. The first kappa shape index (κ1) is 13.9. The van der Waals surface area contributed by atoms with Crippen molar-refractivity contribution in [3.63, 3.8) is 0 Å². The molecule has 1 aromatic carbocycles. The van der Waals surface area contributed by atoms with Gasteiger partial charge in [-0.1, -0.05) is 12.1 Å². The van der Waals surface area contributed by atoms with E-state index in [-0.39, 0.29) is 5.91 Å². The molecule has 1 aliphatic rings. The number of rotatable bonds is 4. The van der Waals surface area contributed by atoms with Crippen molar-refractivity contribution in [3.05, 3.63) is 29.8 Å². The highest BCUT2D eigenvalue weighted by Crippen LogP contribution is 2.15. The molecular weight excluding hydrogens is 260 g/mol. The normalized spacial score (nSPS) is 15.4. The molecule has 0 N–H and O–H groups in total. The fourth-order valence-electron chi connectivity index (χ4n) is 2.11. The first-order valence-electron chi connectivity index (χ1n) is 6.33. The Hall–Kier alpha value is -1.49. The molecule has 0 aliphatic carbocycles. The van der Waals surface area contributed by atoms with E-state index in [1.807, 2.05) is 35.4 Å². The summed E-state index contributed by atoms with van der Waals surface area (Å²) in [7, 11) is 0. The Balaban J connectivity index is 1.88. The summed E-state index contributed by atoms with van der Waals surface area (Å²) in [6, 6.07) is 8.09. The number of thioether (sulfide) groups is 1. The van der Waals surface area contributed by atoms with Crippen LogP contribution in [0, 0.1) is 0 Å². The van der Waals surface area contributed by atoms with Gasteiger partial charge in [-0.2, -0.15) is 0 Å². The zero-order chi connectivity index (χ0) is 13.7. The predicted molar refractivity (Wildman–Crippen MR) is 76.1 cm³/mol. The van der Waals surface area contributed by atoms with Gasteiger partial charge >= 0.3 is 0 Å². The highest BCUT2D eigenvalue weighted by Gasteiger charge is 2.19. The van der Waals surface area contributed by atoms with Gasteiger partial charge in [-0.3, -0.25) is 9.59 Å². The van der Waals surface area contributed by atoms with Crippen molar-refractivity contribution in [2.45, 2.75) is 11.3 Å². The number of benzene rings is 1. The molecule has 0 unspecified atom stereocenters. The number of carbonyl (C=O) groups excluding carboxylic acids is 2. The van der Waals surface area contributed by atoms with E-state index in [4.69, 9.17) is 0 Å². The molecule has 1 fully saturated rings. The summed E-state index contributed by atoms with van der Waals surface area (Å²) < 4.78 is 0. The van der Waals surface area contributed by atoms with E-state index < -0.39 is 0 Å². The van der Waals surface area contributed by atoms with Gasteiger partial charge in [-0.25, -0.2) is 0 Å². The van der Waals surface area contributed by atoms with Crippen molar-refractivity contribution < 1.29 is 9.59 Å². The second kappa shape index (κ2) is 6.61. The van der Waals surface area contributed by atoms with Crippen LogP contribution >= 0.6 is 11.8 Å². The zero-order valence-corrected chi connectivity index (χ0v) is 11.9. The van der Waals surface area contributed by atoms with Crippen molar-refractivity contribution in [1.29, 1.82) is 0 Å². The van der Waals surface area contributed by atoms with Gasteiger partial charge in [0.05, 0.1) is 6.42 Å². The molecule has 1 aliphatic heterocycles. The van der Waals surface area contributed by atoms with Gasteiger partial charge < -0.3 is 9.80 Å². The molecule has 1 heterocycles. The second-order valence-corrected chi connectivity index (χ2v) is 5.43. The third-order valence-corrected chi connectivity index (χ3v) is 4.07. The number of amides is 2. The van der Waals surface area contributed by atoms with Crippen LogP contribution in [0.3, 0.4) is 0 Å². The predicted octanol–water partition coefficient (Wildman–Crippen LogP) is 1.25. The molecule has 0 aromatic heterocycles. The minimum Gasteiger partial charge on any atom is -0.342 e. The minimum absolute atomic E-state index is 0.141. The molecule has 0 bridgehead atoms. The Kier molecular flexibility index (Phi) is 4.85. The lowest BCUT2D eigenvalue weighted by Gasteiger charge is -2.32. The van der Waals surface area contributed by atoms with Crippen LogP contribution in [0.15, 0.2) is 29.2 Å². The molecular formula is C14H18N2O2S. The monoisotopic (exact) mass is 278 g/mol. The first-order chi connectivity index (χ1) is 9.22. The van der Waals surface area contributed by atoms with Crippen molar-refractivity contribution in [2.24, 2.45) is 0 Å². The summed E-state index contributed by atoms with van der Waals surface area (Å²) in [5.41, 5.74) is 1.04. The van der Waals surface area contributed by atoms with E-state index in [1.165, 1.54) is 4.90 Å². The van der Waals surface area contributed by atoms with E-state index in [0.717, 1.165) is 12.0 Å². The molecule has 1 aromatic rings. The average molecular weight is 278 g/mol. The van der Waals surface area contributed by atoms with Crippen molar-refractivity contribution in [2.75, 3.05) is 32.4 Å². The molecule has 5 heteroatoms. The largest absolute Gasteiger partial charge is 0.342 e. The summed E-state index contributed by atoms with van der Waals surface area (Å²) in [5.74, 6) is 0.141. The van der Waals surface area contributed by atoms with Crippen LogP contribution < -0.4 is 0 Å². The van der Waals surface area contributed by atoms with Crippen LogP contribution in [0.5, 0.6) is 0 Å². The highest BCUT2D eigenvalue weighted by molar-refractivity contribution is 7.98. The first-order valence-corrected chi connectivity index (χ1v) is 7.55. The number of hydrogen-bond donors (Lipinski definition) is 0. The third-order valence-electron chi connectivity index (χ3n) is 3.33. The maximum Gasteiger partial charge on any atom is 0.227 e. The quantitative estimate of drug-likeness (QED) is 0.615. The number of hydrogen-bond acceptors (Lipinski definition) is 3. The fraction of sp³-hybridized carbons (Fsp3) is 0.429. The Morgan fingerprint density at radius 1 is 1.21 bits per heavy atom. The molecule has 4 nitrogen and oxygen atoms in total. The number of piperazine rings is 1. The molecule has 0 atom stereocenters. The molecule has 1 saturated heterocycles. The van der Waals surface area contributed by atoms with E-state index >= 15 is 0 Å². The van der Waals surface area contributed by atoms with Crippen molar-refractivity contribution in [1.82, 2.24) is 9.80 Å². The summed E-state index contributed by atoms with van der Waals surface area (Å²) in [6.45, 7) is 2.56. The third kappa shape index (κ3) is 3.73. The van der Waals surface area contributed by atoms with Crippen LogP contribution in [0.2, 0.25) is 0 Å². The van der Waals surface area contributed by atoms with Crippen LogP contribution in [0.4, 0.5) is 0 Å². The van der Waals surface area contributed by atoms with E-state index in [1.54, 1.807) is 16.7 Å². The van der Waals surface area contributed by atoms with Gasteiger partial charge in [-0.05, 0) is 24.0 Å². The van der Waals surface area contributed by atoms with Crippen molar-refractivity contribution in [3.8, 4) is 0 Å². The number of nitrogens with zero attached hydrogens (tertiary/aromatic N) is 2. The summed E-state index contributed by atoms with van der Waals surface area (Å²) in [6.07, 6.45) is 3.32. The molecule has 19 heavy (non-hydrogen) atoms. The Morgan fingerprint density at radius 3 is 2.37 bits per heavy atom. The van der Waals surface area contributed by atoms with E-state index in [2.05, 4.69) is 0 Å². The molecule has 0 saturated carbocycles. The van der Waals surface area contributed by atoms with Gasteiger partial charge in [0.15, 0.2) is 0 Å². The topological polar surface area (TPSA) is 40.6 Å². The lowest BCUT2D eigenvalue weighted by atomic mass is 10.1. The molecule has 102 valence electrons. The fourth-order valence-corrected chi connectivity index (χ4v) is 2.51. The van der Waals surface area contributed by atoms with Gasteiger partial charge in [0.2, 0.25) is 12.3 Å². The standard InChI is InChI=1S/C14H18N2O2S/c1-19-13-4-2-12(3-5-13)10-14(18)16-8-6-15(11-17)7-9-16/h2-5,11H,6-10H2,1H3. The van der Waals surface area contributed by atoms with Crippen LogP contribution in [0.25, 0.3) is 0 Å². The lowest BCUT2D eigenvalue weighted by Crippen LogP contribution is -2.48. The maximum absolute atomic E-state index is 12.1. The van der Waals surface area contributed by atoms with Crippen molar-refractivity contribution >= 4 is 24.1 Å². The van der Waals surface area contributed by atoms with Gasteiger partial charge in [0.25, 0.3) is 0 Å². The molecule has 0 radical (unpaired) electrons. The van der Waals surface area contributed by atoms with E-state index in [0.29, 0.717) is 32.6 Å². The van der Waals surface area contributed by atoms with Gasteiger partial charge in [-0.15, -0.1) is 11.8 Å². The van der Waals surface area contributed by atoms with Gasteiger partial charge in [0.1, 0.15) is 0 Å². The summed E-state index contributed by atoms with van der Waals surface area (Å²) in [4.78, 5) is 27.5. The summed E-state index contributed by atoms with van der Waals surface area (Å²) in [5, 5.41) is 0. The van der Waals surface area contributed by atoms with E-state index in [9.17, 15) is 9.59 Å². The molecule has 0 spiro atoms.